The molecule has 1 aliphatic heterocycles. The maximum Gasteiger partial charge on any atom is 0.490 e. The second-order valence-corrected chi connectivity index (χ2v) is 6.65. The van der Waals surface area contributed by atoms with E-state index in [9.17, 15) is 18.0 Å². The monoisotopic (exact) mass is 398 g/mol. The molecule has 0 spiro atoms. The fraction of sp³-hybridized carbons (Fsp3) is 0.429. The van der Waals surface area contributed by atoms with Crippen molar-refractivity contribution in [2.24, 2.45) is 0 Å². The number of thioether (sulfide) groups is 1. The van der Waals surface area contributed by atoms with Crippen molar-refractivity contribution in [2.75, 3.05) is 18.8 Å². The summed E-state index contributed by atoms with van der Waals surface area (Å²) in [6, 6.07) is 3.36. The van der Waals surface area contributed by atoms with Crippen molar-refractivity contribution in [1.82, 2.24) is 5.32 Å². The first-order valence-electron chi connectivity index (χ1n) is 6.74. The number of carbonyl (C=O) groups is 1. The topological polar surface area (TPSA) is 62.1 Å². The van der Waals surface area contributed by atoms with Gasteiger partial charge in [-0.25, -0.2) is 4.79 Å². The lowest BCUT2D eigenvalue weighted by atomic mass is 10.0. The highest BCUT2D eigenvalue weighted by atomic mass is 35.5. The van der Waals surface area contributed by atoms with Gasteiger partial charge in [0.25, 0.3) is 0 Å². The molecular weight excluding hydrogens is 388 g/mol. The number of fused-ring (bicyclic) bond motifs is 1. The van der Waals surface area contributed by atoms with Gasteiger partial charge in [-0.3, -0.25) is 0 Å². The Morgan fingerprint density at radius 3 is 2.79 bits per heavy atom. The van der Waals surface area contributed by atoms with Crippen molar-refractivity contribution in [3.8, 4) is 6.07 Å². The Morgan fingerprint density at radius 1 is 1.46 bits per heavy atom. The second kappa shape index (κ2) is 7.83. The van der Waals surface area contributed by atoms with Crippen molar-refractivity contribution in [2.45, 2.75) is 23.6 Å². The molecule has 1 aliphatic rings. The number of ether oxygens (including phenoxy) is 1. The number of carbonyl (C=O) groups excluding carboxylic acids is 1. The summed E-state index contributed by atoms with van der Waals surface area (Å²) in [6.45, 7) is 0.447. The smallest absolute Gasteiger partial charge is 0.449 e. The van der Waals surface area contributed by atoms with Gasteiger partial charge in [0.2, 0.25) is 0 Å². The molecular formula is C14H11Cl2F3N2O2S. The molecule has 1 atom stereocenters. The van der Waals surface area contributed by atoms with E-state index in [-0.39, 0.29) is 17.3 Å². The van der Waals surface area contributed by atoms with E-state index in [1.54, 1.807) is 0 Å². The summed E-state index contributed by atoms with van der Waals surface area (Å²) < 4.78 is 42.1. The summed E-state index contributed by atoms with van der Waals surface area (Å²) in [5, 5.41) is 12.1. The van der Waals surface area contributed by atoms with Gasteiger partial charge in [0, 0.05) is 22.0 Å². The van der Waals surface area contributed by atoms with E-state index in [2.05, 4.69) is 10.1 Å². The van der Waals surface area contributed by atoms with Crippen LogP contribution < -0.4 is 5.32 Å². The minimum atomic E-state index is -5.09. The van der Waals surface area contributed by atoms with E-state index in [1.165, 1.54) is 6.07 Å². The summed E-state index contributed by atoms with van der Waals surface area (Å²) in [5.74, 6) is -2.16. The molecule has 1 aromatic carbocycles. The van der Waals surface area contributed by atoms with E-state index in [1.807, 2.05) is 6.07 Å². The molecule has 0 amide bonds. The molecule has 130 valence electrons. The normalized spacial score (nSPS) is 17.6. The average Bonchev–Trinajstić information content (AvgIpc) is 2.69. The Bertz CT molecular complexity index is 692. The Kier molecular flexibility index (Phi) is 6.26. The van der Waals surface area contributed by atoms with E-state index in [0.717, 1.165) is 11.8 Å². The molecule has 0 saturated carbocycles. The molecule has 1 heterocycles. The van der Waals surface area contributed by atoms with Crippen LogP contribution in [-0.2, 0) is 16.0 Å². The van der Waals surface area contributed by atoms with E-state index >= 15 is 0 Å². The molecule has 0 fully saturated rings. The first kappa shape index (κ1) is 19.2. The van der Waals surface area contributed by atoms with Crippen LogP contribution in [0, 0.1) is 11.3 Å². The summed E-state index contributed by atoms with van der Waals surface area (Å²) in [5.41, 5.74) is 0.891. The minimum Gasteiger partial charge on any atom is -0.449 e. The molecule has 0 aromatic heterocycles. The summed E-state index contributed by atoms with van der Waals surface area (Å²) >= 11 is 13.5. The highest BCUT2D eigenvalue weighted by Gasteiger charge is 2.43. The Balaban J connectivity index is 2.47. The molecule has 0 saturated heterocycles. The number of hydrogen-bond donors (Lipinski definition) is 1. The van der Waals surface area contributed by atoms with E-state index in [0.29, 0.717) is 34.0 Å². The van der Waals surface area contributed by atoms with Crippen molar-refractivity contribution < 1.29 is 22.7 Å². The van der Waals surface area contributed by atoms with Gasteiger partial charge >= 0.3 is 12.1 Å². The number of hydrogen-bond acceptors (Lipinski definition) is 5. The van der Waals surface area contributed by atoms with Crippen LogP contribution >= 0.6 is 35.0 Å². The molecule has 0 aliphatic carbocycles. The summed E-state index contributed by atoms with van der Waals surface area (Å²) in [7, 11) is 0. The predicted molar refractivity (Wildman–Crippen MR) is 84.3 cm³/mol. The van der Waals surface area contributed by atoms with Gasteiger partial charge in [0.15, 0.2) is 0 Å². The number of benzene rings is 1. The first-order valence-corrected chi connectivity index (χ1v) is 8.49. The van der Waals surface area contributed by atoms with Crippen LogP contribution in [0.5, 0.6) is 0 Å². The number of nitrogens with one attached hydrogen (secondary N) is 1. The van der Waals surface area contributed by atoms with Crippen molar-refractivity contribution in [1.29, 1.82) is 5.26 Å². The minimum absolute atomic E-state index is 0.00146. The third-order valence-electron chi connectivity index (χ3n) is 3.29. The third kappa shape index (κ3) is 4.28. The van der Waals surface area contributed by atoms with Gasteiger partial charge < -0.3 is 10.1 Å². The maximum atomic E-state index is 12.5. The number of alkyl halides is 3. The van der Waals surface area contributed by atoms with Crippen LogP contribution in [0.15, 0.2) is 11.0 Å². The average molecular weight is 399 g/mol. The van der Waals surface area contributed by atoms with Gasteiger partial charge in [-0.1, -0.05) is 23.2 Å². The van der Waals surface area contributed by atoms with Crippen LogP contribution in [0.25, 0.3) is 0 Å². The van der Waals surface area contributed by atoms with Crippen LogP contribution in [-0.4, -0.2) is 31.0 Å². The van der Waals surface area contributed by atoms with Gasteiger partial charge in [-0.15, -0.1) is 11.8 Å². The van der Waals surface area contributed by atoms with Crippen LogP contribution in [0.4, 0.5) is 13.2 Å². The number of nitriles is 1. The molecule has 0 radical (unpaired) electrons. The number of nitrogens with zero attached hydrogens (tertiary/aromatic N) is 1. The third-order valence-corrected chi connectivity index (χ3v) is 5.04. The van der Waals surface area contributed by atoms with Crippen LogP contribution in [0.2, 0.25) is 10.0 Å². The second-order valence-electron chi connectivity index (χ2n) is 4.85. The highest BCUT2D eigenvalue weighted by molar-refractivity contribution is 7.99. The molecule has 4 nitrogen and oxygen atoms in total. The van der Waals surface area contributed by atoms with Crippen LogP contribution in [0.1, 0.15) is 17.2 Å². The zero-order chi connectivity index (χ0) is 17.9. The van der Waals surface area contributed by atoms with Gasteiger partial charge in [0.1, 0.15) is 6.10 Å². The fourth-order valence-electron chi connectivity index (χ4n) is 2.37. The lowest BCUT2D eigenvalue weighted by molar-refractivity contribution is -0.205. The van der Waals surface area contributed by atoms with E-state index < -0.39 is 18.2 Å². The van der Waals surface area contributed by atoms with Crippen molar-refractivity contribution in [3.05, 3.63) is 27.2 Å². The quantitative estimate of drug-likeness (QED) is 0.617. The van der Waals surface area contributed by atoms with Gasteiger partial charge in [0.05, 0.1) is 16.8 Å². The fourth-order valence-corrected chi connectivity index (χ4v) is 3.95. The SMILES string of the molecule is N#CCSc1c(Cl)cc(Cl)c2c1CCNCC2OC(=O)C(F)(F)F. The van der Waals surface area contributed by atoms with Crippen molar-refractivity contribution >= 4 is 40.9 Å². The molecule has 1 unspecified atom stereocenters. The summed E-state index contributed by atoms with van der Waals surface area (Å²) in [6.07, 6.45) is -5.85. The van der Waals surface area contributed by atoms with Crippen molar-refractivity contribution in [3.63, 3.8) is 0 Å². The maximum absolute atomic E-state index is 12.5. The number of rotatable bonds is 3. The molecule has 1 aromatic rings. The first-order chi connectivity index (χ1) is 11.3. The van der Waals surface area contributed by atoms with E-state index in [4.69, 9.17) is 28.5 Å². The van der Waals surface area contributed by atoms with Gasteiger partial charge in [-0.2, -0.15) is 18.4 Å². The lowest BCUT2D eigenvalue weighted by Gasteiger charge is -2.22. The summed E-state index contributed by atoms with van der Waals surface area (Å²) in [4.78, 5) is 11.8. The lowest BCUT2D eigenvalue weighted by Crippen LogP contribution is -2.31. The Hall–Kier alpha value is -1.14. The largest absolute Gasteiger partial charge is 0.490 e. The molecule has 10 heteroatoms. The highest BCUT2D eigenvalue weighted by Crippen LogP contribution is 2.41. The number of halogens is 5. The zero-order valence-electron chi connectivity index (χ0n) is 12.0. The molecule has 24 heavy (non-hydrogen) atoms. The molecule has 1 N–H and O–H groups in total. The molecule has 2 rings (SSSR count). The van der Waals surface area contributed by atoms with Gasteiger partial charge in [-0.05, 0) is 24.6 Å². The Morgan fingerprint density at radius 2 is 2.17 bits per heavy atom. The standard InChI is InChI=1S/C14H11Cl2F3N2O2S/c15-8-5-9(16)12(24-4-2-20)7-1-3-21-6-10(11(7)8)23-13(22)14(17,18)19/h5,10,21H,1,3-4,6H2. The Labute approximate surface area is 150 Å². The zero-order valence-corrected chi connectivity index (χ0v) is 14.4. The molecule has 0 bridgehead atoms. The number of esters is 1. The van der Waals surface area contributed by atoms with Crippen LogP contribution in [0.3, 0.4) is 0 Å². The predicted octanol–water partition coefficient (Wildman–Crippen LogP) is 3.90.